The summed E-state index contributed by atoms with van der Waals surface area (Å²) in [6.07, 6.45) is 1.34. The van der Waals surface area contributed by atoms with E-state index >= 15 is 0 Å². The van der Waals surface area contributed by atoms with Crippen LogP contribution in [0.2, 0.25) is 0 Å². The second-order valence-corrected chi connectivity index (χ2v) is 7.73. The number of aromatic nitrogens is 2. The average Bonchev–Trinajstić information content (AvgIpc) is 2.52. The van der Waals surface area contributed by atoms with Gasteiger partial charge in [-0.2, -0.15) is 0 Å². The van der Waals surface area contributed by atoms with Crippen molar-refractivity contribution in [2.45, 2.75) is 26.4 Å². The molecule has 24 heavy (non-hydrogen) atoms. The van der Waals surface area contributed by atoms with E-state index in [1.54, 1.807) is 11.2 Å². The number of nitrogens with zero attached hydrogens (tertiary/aromatic N) is 4. The number of rotatable bonds is 1. The number of halogens is 1. The topological polar surface area (TPSA) is 58.6 Å². The Kier molecular flexibility index (Phi) is 4.62. The van der Waals surface area contributed by atoms with Gasteiger partial charge < -0.3 is 14.5 Å². The maximum atomic E-state index is 12.2. The lowest BCUT2D eigenvalue weighted by Gasteiger charge is -2.36. The Labute approximate surface area is 149 Å². The number of piperazine rings is 1. The van der Waals surface area contributed by atoms with Crippen molar-refractivity contribution < 1.29 is 9.53 Å². The number of anilines is 1. The summed E-state index contributed by atoms with van der Waals surface area (Å²) in [4.78, 5) is 24.9. The molecule has 0 radical (unpaired) electrons. The van der Waals surface area contributed by atoms with E-state index in [0.29, 0.717) is 13.1 Å². The Bertz CT molecular complexity index is 752. The van der Waals surface area contributed by atoms with Crippen molar-refractivity contribution in [3.05, 3.63) is 29.0 Å². The van der Waals surface area contributed by atoms with Crippen LogP contribution < -0.4 is 4.90 Å². The molecule has 0 spiro atoms. The van der Waals surface area contributed by atoms with Crippen LogP contribution in [-0.4, -0.2) is 52.7 Å². The van der Waals surface area contributed by atoms with Crippen LogP contribution in [-0.2, 0) is 4.74 Å². The van der Waals surface area contributed by atoms with E-state index in [2.05, 4.69) is 30.8 Å². The Morgan fingerprint density at radius 2 is 1.88 bits per heavy atom. The van der Waals surface area contributed by atoms with E-state index < -0.39 is 5.60 Å². The molecule has 1 aromatic heterocycles. The summed E-state index contributed by atoms with van der Waals surface area (Å²) < 4.78 is 6.43. The van der Waals surface area contributed by atoms with Gasteiger partial charge >= 0.3 is 6.09 Å². The second kappa shape index (κ2) is 6.55. The quantitative estimate of drug-likeness (QED) is 0.743. The molecule has 2 aromatic rings. The molecule has 0 aliphatic carbocycles. The summed E-state index contributed by atoms with van der Waals surface area (Å²) >= 11 is 3.47. The minimum atomic E-state index is -0.468. The van der Waals surface area contributed by atoms with Crippen molar-refractivity contribution in [1.29, 1.82) is 0 Å². The molecule has 128 valence electrons. The molecule has 3 rings (SSSR count). The minimum Gasteiger partial charge on any atom is -0.444 e. The Morgan fingerprint density at radius 3 is 2.54 bits per heavy atom. The van der Waals surface area contributed by atoms with Crippen LogP contribution >= 0.6 is 15.9 Å². The Hall–Kier alpha value is -1.89. The first-order valence-corrected chi connectivity index (χ1v) is 8.76. The predicted octanol–water partition coefficient (Wildman–Crippen LogP) is 3.45. The number of fused-ring (bicyclic) bond motifs is 1. The fourth-order valence-electron chi connectivity index (χ4n) is 2.70. The highest BCUT2D eigenvalue weighted by Crippen LogP contribution is 2.26. The van der Waals surface area contributed by atoms with Crippen LogP contribution in [0, 0.1) is 0 Å². The predicted molar refractivity (Wildman–Crippen MR) is 97.3 cm³/mol. The van der Waals surface area contributed by atoms with E-state index in [4.69, 9.17) is 4.74 Å². The molecule has 1 aliphatic heterocycles. The molecule has 2 heterocycles. The minimum absolute atomic E-state index is 0.251. The van der Waals surface area contributed by atoms with Gasteiger partial charge in [-0.15, -0.1) is 0 Å². The first-order chi connectivity index (χ1) is 11.3. The smallest absolute Gasteiger partial charge is 0.410 e. The first kappa shape index (κ1) is 17.0. The van der Waals surface area contributed by atoms with Gasteiger partial charge in [0, 0.05) is 36.0 Å². The number of ether oxygens (including phenoxy) is 1. The van der Waals surface area contributed by atoms with Crippen molar-refractivity contribution in [1.82, 2.24) is 14.9 Å². The maximum Gasteiger partial charge on any atom is 0.410 e. The molecule has 0 atom stereocenters. The molecule has 6 nitrogen and oxygen atoms in total. The van der Waals surface area contributed by atoms with Crippen molar-refractivity contribution in [2.75, 3.05) is 31.1 Å². The van der Waals surface area contributed by atoms with Crippen LogP contribution in [0.5, 0.6) is 0 Å². The molecule has 0 saturated carbocycles. The number of hydrogen-bond acceptors (Lipinski definition) is 5. The highest BCUT2D eigenvalue weighted by atomic mass is 79.9. The monoisotopic (exact) mass is 392 g/mol. The van der Waals surface area contributed by atoms with Crippen molar-refractivity contribution >= 4 is 38.7 Å². The van der Waals surface area contributed by atoms with E-state index in [0.717, 1.165) is 34.3 Å². The molecule has 1 amide bonds. The van der Waals surface area contributed by atoms with E-state index in [9.17, 15) is 4.79 Å². The summed E-state index contributed by atoms with van der Waals surface area (Å²) in [5.41, 5.74) is 0.439. The summed E-state index contributed by atoms with van der Waals surface area (Å²) in [7, 11) is 0. The lowest BCUT2D eigenvalue weighted by molar-refractivity contribution is 0.0240. The molecule has 7 heteroatoms. The number of carbonyl (C=O) groups is 1. The van der Waals surface area contributed by atoms with Gasteiger partial charge in [0.15, 0.2) is 0 Å². The molecular weight excluding hydrogens is 372 g/mol. The van der Waals surface area contributed by atoms with E-state index in [1.165, 1.54) is 0 Å². The number of amides is 1. The Balaban J connectivity index is 1.72. The summed E-state index contributed by atoms with van der Waals surface area (Å²) in [6, 6.07) is 6.00. The molecule has 1 aliphatic rings. The average molecular weight is 393 g/mol. The third kappa shape index (κ3) is 3.77. The highest BCUT2D eigenvalue weighted by molar-refractivity contribution is 9.10. The number of hydrogen-bond donors (Lipinski definition) is 0. The standard InChI is InChI=1S/C17H21BrN4O2/c1-17(2,3)24-16(23)22-8-6-21(7-9-22)15-13-5-4-12(18)10-14(13)19-11-20-15/h4-5,10-11H,6-9H2,1-3H3. The lowest BCUT2D eigenvalue weighted by Crippen LogP contribution is -2.50. The highest BCUT2D eigenvalue weighted by Gasteiger charge is 2.26. The van der Waals surface area contributed by atoms with Crippen LogP contribution in [0.1, 0.15) is 20.8 Å². The van der Waals surface area contributed by atoms with Crippen LogP contribution in [0.3, 0.4) is 0 Å². The summed E-state index contributed by atoms with van der Waals surface area (Å²) in [6.45, 7) is 8.33. The first-order valence-electron chi connectivity index (χ1n) is 7.97. The van der Waals surface area contributed by atoms with Crippen molar-refractivity contribution in [3.63, 3.8) is 0 Å². The second-order valence-electron chi connectivity index (χ2n) is 6.81. The zero-order valence-electron chi connectivity index (χ0n) is 14.1. The van der Waals surface area contributed by atoms with Gasteiger partial charge in [-0.3, -0.25) is 0 Å². The zero-order valence-corrected chi connectivity index (χ0v) is 15.7. The van der Waals surface area contributed by atoms with E-state index in [-0.39, 0.29) is 6.09 Å². The number of carbonyl (C=O) groups excluding carboxylic acids is 1. The lowest BCUT2D eigenvalue weighted by atomic mass is 10.2. The Morgan fingerprint density at radius 1 is 1.17 bits per heavy atom. The normalized spacial score (nSPS) is 15.7. The maximum absolute atomic E-state index is 12.2. The molecule has 0 bridgehead atoms. The molecule has 1 saturated heterocycles. The summed E-state index contributed by atoms with van der Waals surface area (Å²) in [5.74, 6) is 0.913. The van der Waals surface area contributed by atoms with Gasteiger partial charge in [0.25, 0.3) is 0 Å². The molecular formula is C17H21BrN4O2. The molecule has 1 aromatic carbocycles. The summed E-state index contributed by atoms with van der Waals surface area (Å²) in [5, 5.41) is 1.02. The van der Waals surface area contributed by atoms with Crippen LogP contribution in [0.4, 0.5) is 10.6 Å². The van der Waals surface area contributed by atoms with Gasteiger partial charge in [-0.05, 0) is 39.0 Å². The van der Waals surface area contributed by atoms with Crippen LogP contribution in [0.15, 0.2) is 29.0 Å². The van der Waals surface area contributed by atoms with Crippen molar-refractivity contribution in [2.24, 2.45) is 0 Å². The van der Waals surface area contributed by atoms with Gasteiger partial charge in [-0.25, -0.2) is 14.8 Å². The van der Waals surface area contributed by atoms with Gasteiger partial charge in [0.1, 0.15) is 17.7 Å². The molecule has 0 unspecified atom stereocenters. The van der Waals surface area contributed by atoms with Gasteiger partial charge in [0.2, 0.25) is 0 Å². The van der Waals surface area contributed by atoms with Crippen LogP contribution in [0.25, 0.3) is 10.9 Å². The zero-order chi connectivity index (χ0) is 17.3. The van der Waals surface area contributed by atoms with Gasteiger partial charge in [0.05, 0.1) is 5.52 Å². The van der Waals surface area contributed by atoms with E-state index in [1.807, 2.05) is 39.0 Å². The number of benzene rings is 1. The fraction of sp³-hybridized carbons (Fsp3) is 0.471. The van der Waals surface area contributed by atoms with Crippen molar-refractivity contribution in [3.8, 4) is 0 Å². The molecule has 1 fully saturated rings. The SMILES string of the molecule is CC(C)(C)OC(=O)N1CCN(c2ncnc3cc(Br)ccc23)CC1. The van der Waals surface area contributed by atoms with Gasteiger partial charge in [-0.1, -0.05) is 15.9 Å². The fourth-order valence-corrected chi connectivity index (χ4v) is 3.04. The largest absolute Gasteiger partial charge is 0.444 e. The third-order valence-electron chi connectivity index (χ3n) is 3.81. The molecule has 0 N–H and O–H groups in total. The third-order valence-corrected chi connectivity index (χ3v) is 4.30.